The highest BCUT2D eigenvalue weighted by atomic mass is 16.5. The van der Waals surface area contributed by atoms with E-state index in [-0.39, 0.29) is 29.1 Å². The summed E-state index contributed by atoms with van der Waals surface area (Å²) in [5, 5.41) is 6.41. The number of carbonyl (C=O) groups is 3. The van der Waals surface area contributed by atoms with Crippen molar-refractivity contribution in [3.8, 4) is 0 Å². The number of benzene rings is 1. The lowest BCUT2D eigenvalue weighted by Crippen LogP contribution is -2.18. The van der Waals surface area contributed by atoms with Crippen molar-refractivity contribution in [2.45, 2.75) is 20.3 Å². The first kappa shape index (κ1) is 18.2. The van der Waals surface area contributed by atoms with Crippen LogP contribution in [-0.2, 0) is 20.7 Å². The Kier molecular flexibility index (Phi) is 5.53. The molecule has 0 saturated heterocycles. The van der Waals surface area contributed by atoms with Gasteiger partial charge in [0.25, 0.3) is 0 Å². The Morgan fingerprint density at radius 3 is 2.36 bits per heavy atom. The third-order valence-electron chi connectivity index (χ3n) is 3.64. The zero-order chi connectivity index (χ0) is 18.6. The molecular formula is C17H18N2O6. The summed E-state index contributed by atoms with van der Waals surface area (Å²) in [6.45, 7) is 3.44. The number of ether oxygens (including phenoxy) is 2. The molecule has 2 aromatic rings. The SMILES string of the molecule is COC(=O)c1ccc(C(=O)OC)c(NC(=O)Cc2c(C)noc2C)c1. The van der Waals surface area contributed by atoms with Crippen LogP contribution in [0.3, 0.4) is 0 Å². The molecule has 1 N–H and O–H groups in total. The minimum Gasteiger partial charge on any atom is -0.465 e. The Balaban J connectivity index is 2.30. The number of methoxy groups -OCH3 is 2. The van der Waals surface area contributed by atoms with Gasteiger partial charge < -0.3 is 19.3 Å². The number of hydrogen-bond acceptors (Lipinski definition) is 7. The van der Waals surface area contributed by atoms with E-state index in [1.165, 1.54) is 32.4 Å². The molecule has 1 aromatic carbocycles. The zero-order valence-electron chi connectivity index (χ0n) is 14.3. The smallest absolute Gasteiger partial charge is 0.339 e. The van der Waals surface area contributed by atoms with Crippen molar-refractivity contribution in [3.63, 3.8) is 0 Å². The number of nitrogens with one attached hydrogen (secondary N) is 1. The highest BCUT2D eigenvalue weighted by molar-refractivity contribution is 6.03. The van der Waals surface area contributed by atoms with Crippen LogP contribution < -0.4 is 5.32 Å². The zero-order valence-corrected chi connectivity index (χ0v) is 14.3. The van der Waals surface area contributed by atoms with E-state index in [1.807, 2.05) is 0 Å². The van der Waals surface area contributed by atoms with Crippen molar-refractivity contribution in [2.24, 2.45) is 0 Å². The third kappa shape index (κ3) is 4.03. The summed E-state index contributed by atoms with van der Waals surface area (Å²) >= 11 is 0. The van der Waals surface area contributed by atoms with Gasteiger partial charge in [0.15, 0.2) is 0 Å². The van der Waals surface area contributed by atoms with Crippen LogP contribution in [0.5, 0.6) is 0 Å². The molecule has 0 aliphatic heterocycles. The topological polar surface area (TPSA) is 108 Å². The van der Waals surface area contributed by atoms with Crippen molar-refractivity contribution < 1.29 is 28.4 Å². The lowest BCUT2D eigenvalue weighted by atomic mass is 10.1. The molecule has 0 radical (unpaired) electrons. The summed E-state index contributed by atoms with van der Waals surface area (Å²) in [5.74, 6) is -1.06. The molecule has 1 aromatic heterocycles. The van der Waals surface area contributed by atoms with Crippen LogP contribution in [0, 0.1) is 13.8 Å². The van der Waals surface area contributed by atoms with E-state index in [0.29, 0.717) is 17.0 Å². The average Bonchev–Trinajstić information content (AvgIpc) is 2.92. The van der Waals surface area contributed by atoms with Gasteiger partial charge in [-0.25, -0.2) is 9.59 Å². The predicted octanol–water partition coefficient (Wildman–Crippen LogP) is 2.05. The number of esters is 2. The van der Waals surface area contributed by atoms with Crippen LogP contribution in [0.15, 0.2) is 22.7 Å². The summed E-state index contributed by atoms with van der Waals surface area (Å²) in [5.41, 5.74) is 1.77. The number of aryl methyl sites for hydroxylation is 2. The highest BCUT2D eigenvalue weighted by Gasteiger charge is 2.19. The van der Waals surface area contributed by atoms with E-state index < -0.39 is 11.9 Å². The minimum absolute atomic E-state index is 0.0181. The molecule has 0 spiro atoms. The number of rotatable bonds is 5. The van der Waals surface area contributed by atoms with Crippen molar-refractivity contribution in [1.82, 2.24) is 5.16 Å². The Labute approximate surface area is 144 Å². The van der Waals surface area contributed by atoms with Gasteiger partial charge >= 0.3 is 11.9 Å². The van der Waals surface area contributed by atoms with Gasteiger partial charge in [-0.3, -0.25) is 4.79 Å². The second kappa shape index (κ2) is 7.61. The second-order valence-electron chi connectivity index (χ2n) is 5.27. The first-order valence-corrected chi connectivity index (χ1v) is 7.39. The molecule has 1 amide bonds. The van der Waals surface area contributed by atoms with Crippen molar-refractivity contribution in [1.29, 1.82) is 0 Å². The van der Waals surface area contributed by atoms with Crippen LogP contribution >= 0.6 is 0 Å². The predicted molar refractivity (Wildman–Crippen MR) is 87.4 cm³/mol. The molecule has 8 nitrogen and oxygen atoms in total. The molecule has 0 aliphatic carbocycles. The largest absolute Gasteiger partial charge is 0.465 e. The fourth-order valence-corrected chi connectivity index (χ4v) is 2.29. The molecule has 0 unspecified atom stereocenters. The van der Waals surface area contributed by atoms with Gasteiger partial charge in [0, 0.05) is 5.56 Å². The molecule has 0 fully saturated rings. The second-order valence-corrected chi connectivity index (χ2v) is 5.27. The van der Waals surface area contributed by atoms with Gasteiger partial charge in [-0.2, -0.15) is 0 Å². The number of nitrogens with zero attached hydrogens (tertiary/aromatic N) is 1. The average molecular weight is 346 g/mol. The van der Waals surface area contributed by atoms with Crippen LogP contribution in [0.1, 0.15) is 37.7 Å². The van der Waals surface area contributed by atoms with Crippen molar-refractivity contribution >= 4 is 23.5 Å². The molecule has 1 heterocycles. The molecular weight excluding hydrogens is 328 g/mol. The highest BCUT2D eigenvalue weighted by Crippen LogP contribution is 2.21. The monoisotopic (exact) mass is 346 g/mol. The van der Waals surface area contributed by atoms with Crippen LogP contribution in [0.2, 0.25) is 0 Å². The Bertz CT molecular complexity index is 805. The van der Waals surface area contributed by atoms with Crippen LogP contribution in [0.25, 0.3) is 0 Å². The number of hydrogen-bond donors (Lipinski definition) is 1. The van der Waals surface area contributed by atoms with E-state index in [4.69, 9.17) is 9.26 Å². The summed E-state index contributed by atoms with van der Waals surface area (Å²) in [6.07, 6.45) is 0.0181. The fourth-order valence-electron chi connectivity index (χ4n) is 2.29. The van der Waals surface area contributed by atoms with Crippen molar-refractivity contribution in [3.05, 3.63) is 46.3 Å². The Morgan fingerprint density at radius 1 is 1.12 bits per heavy atom. The number of amides is 1. The first-order chi connectivity index (χ1) is 11.9. The normalized spacial score (nSPS) is 10.2. The number of anilines is 1. The quantitative estimate of drug-likeness (QED) is 0.825. The van der Waals surface area contributed by atoms with E-state index in [9.17, 15) is 14.4 Å². The van der Waals surface area contributed by atoms with E-state index in [1.54, 1.807) is 13.8 Å². The van der Waals surface area contributed by atoms with Gasteiger partial charge in [-0.1, -0.05) is 5.16 Å². The molecule has 2 rings (SSSR count). The van der Waals surface area contributed by atoms with Gasteiger partial charge in [-0.05, 0) is 32.0 Å². The third-order valence-corrected chi connectivity index (χ3v) is 3.64. The lowest BCUT2D eigenvalue weighted by Gasteiger charge is -2.11. The maximum atomic E-state index is 12.3. The minimum atomic E-state index is -0.635. The van der Waals surface area contributed by atoms with Crippen molar-refractivity contribution in [2.75, 3.05) is 19.5 Å². The van der Waals surface area contributed by atoms with Crippen LogP contribution in [-0.4, -0.2) is 37.2 Å². The summed E-state index contributed by atoms with van der Waals surface area (Å²) in [7, 11) is 2.47. The lowest BCUT2D eigenvalue weighted by molar-refractivity contribution is -0.115. The maximum absolute atomic E-state index is 12.3. The van der Waals surface area contributed by atoms with Gasteiger partial charge in [0.2, 0.25) is 5.91 Å². The standard InChI is InChI=1S/C17H18N2O6/c1-9-13(10(2)25-19-9)8-15(20)18-14-7-11(16(21)23-3)5-6-12(14)17(22)24-4/h5-7H,8H2,1-4H3,(H,18,20). The molecule has 132 valence electrons. The molecule has 0 saturated carbocycles. The molecule has 0 aliphatic rings. The summed E-state index contributed by atoms with van der Waals surface area (Å²) in [4.78, 5) is 35.9. The van der Waals surface area contributed by atoms with Gasteiger partial charge in [0.05, 0.1) is 43.1 Å². The van der Waals surface area contributed by atoms with E-state index in [0.717, 1.165) is 0 Å². The summed E-state index contributed by atoms with van der Waals surface area (Å²) < 4.78 is 14.4. The molecule has 8 heteroatoms. The number of carbonyl (C=O) groups excluding carboxylic acids is 3. The fraction of sp³-hybridized carbons (Fsp3) is 0.294. The van der Waals surface area contributed by atoms with Gasteiger partial charge in [0.1, 0.15) is 5.76 Å². The van der Waals surface area contributed by atoms with E-state index in [2.05, 4.69) is 15.2 Å². The van der Waals surface area contributed by atoms with Gasteiger partial charge in [-0.15, -0.1) is 0 Å². The molecule has 0 bridgehead atoms. The summed E-state index contributed by atoms with van der Waals surface area (Å²) in [6, 6.07) is 4.18. The molecule has 0 atom stereocenters. The van der Waals surface area contributed by atoms with E-state index >= 15 is 0 Å². The first-order valence-electron chi connectivity index (χ1n) is 7.39. The Morgan fingerprint density at radius 2 is 1.80 bits per heavy atom. The maximum Gasteiger partial charge on any atom is 0.339 e. The molecule has 25 heavy (non-hydrogen) atoms. The number of aromatic nitrogens is 1. The Hall–Kier alpha value is -3.16. The van der Waals surface area contributed by atoms with Crippen LogP contribution in [0.4, 0.5) is 5.69 Å².